The van der Waals surface area contributed by atoms with Crippen molar-refractivity contribution < 1.29 is 52.8 Å². The number of ether oxygens (including phenoxy) is 5. The number of amides is 2. The van der Waals surface area contributed by atoms with Gasteiger partial charge in [-0.15, -0.1) is 0 Å². The van der Waals surface area contributed by atoms with E-state index in [1.807, 2.05) is 31.3 Å². The molecule has 0 radical (unpaired) electrons. The van der Waals surface area contributed by atoms with Gasteiger partial charge in [0, 0.05) is 23.8 Å². The zero-order chi connectivity index (χ0) is 34.9. The van der Waals surface area contributed by atoms with Crippen molar-refractivity contribution in [3.63, 3.8) is 0 Å². The number of hydrogen-bond acceptors (Lipinski definition) is 13. The molecule has 0 aromatic carbocycles. The highest BCUT2D eigenvalue weighted by molar-refractivity contribution is 6.00. The number of cyclic esters (lactones) is 1. The molecule has 15 heteroatoms. The van der Waals surface area contributed by atoms with Gasteiger partial charge in [-0.2, -0.15) is 0 Å². The van der Waals surface area contributed by atoms with Gasteiger partial charge in [-0.1, -0.05) is 27.7 Å². The zero-order valence-corrected chi connectivity index (χ0v) is 28.5. The first-order valence-corrected chi connectivity index (χ1v) is 15.9. The third-order valence-corrected chi connectivity index (χ3v) is 9.90. The molecule has 0 aromatic heterocycles. The molecular weight excluding hydrogens is 604 g/mol. The second-order valence-corrected chi connectivity index (χ2v) is 13.7. The Morgan fingerprint density at radius 1 is 1.09 bits per heavy atom. The molecule has 0 bridgehead atoms. The maximum atomic E-state index is 14.1. The summed E-state index contributed by atoms with van der Waals surface area (Å²) >= 11 is 0. The summed E-state index contributed by atoms with van der Waals surface area (Å²) in [4.78, 5) is 68.7. The first kappa shape index (κ1) is 37.6. The van der Waals surface area contributed by atoms with Crippen LogP contribution in [0.25, 0.3) is 0 Å². The zero-order valence-electron chi connectivity index (χ0n) is 28.5. The van der Waals surface area contributed by atoms with Crippen molar-refractivity contribution in [2.24, 2.45) is 29.5 Å². The molecule has 13 atom stereocenters. The molecule has 3 heterocycles. The first-order chi connectivity index (χ1) is 21.3. The summed E-state index contributed by atoms with van der Waals surface area (Å²) in [5.74, 6) is -0.532. The topological polar surface area (TPSA) is 205 Å². The van der Waals surface area contributed by atoms with Crippen LogP contribution in [0.3, 0.4) is 0 Å². The van der Waals surface area contributed by atoms with Crippen LogP contribution in [0.1, 0.15) is 74.7 Å². The highest BCUT2D eigenvalue weighted by Gasteiger charge is 2.57. The van der Waals surface area contributed by atoms with Crippen molar-refractivity contribution in [1.29, 1.82) is 0 Å². The van der Waals surface area contributed by atoms with Gasteiger partial charge < -0.3 is 39.0 Å². The van der Waals surface area contributed by atoms with Crippen LogP contribution in [0.5, 0.6) is 0 Å². The summed E-state index contributed by atoms with van der Waals surface area (Å²) in [5.41, 5.74) is -1.24. The Labute approximate surface area is 270 Å². The molecule has 0 aliphatic carbocycles. The highest BCUT2D eigenvalue weighted by Crippen LogP contribution is 2.40. The van der Waals surface area contributed by atoms with Crippen molar-refractivity contribution in [1.82, 2.24) is 15.6 Å². The Morgan fingerprint density at radius 2 is 1.72 bits per heavy atom. The van der Waals surface area contributed by atoms with E-state index in [-0.39, 0.29) is 30.8 Å². The minimum Gasteiger partial charge on any atom is -0.458 e. The minimum atomic E-state index is -1.73. The largest absolute Gasteiger partial charge is 0.458 e. The number of carbonyl (C=O) groups is 5. The van der Waals surface area contributed by atoms with Crippen LogP contribution in [-0.2, 0) is 38.1 Å². The SMILES string of the molecule is CC[C@H]1OC(=O)[C@H](C)C(=O)[C@H](C)[C@@H](O[C@@H]2O[C@H](C)C[C@H](N(C)C)[C@H]2O)[C@](C)(OC(=O)NN)C[C@@H](C)C(=O)[C@H](C)[C@H]2NC(=O)O[C@@]21C. The van der Waals surface area contributed by atoms with E-state index >= 15 is 0 Å². The van der Waals surface area contributed by atoms with Crippen molar-refractivity contribution in [3.05, 3.63) is 0 Å². The van der Waals surface area contributed by atoms with Crippen molar-refractivity contribution >= 4 is 29.7 Å². The predicted octanol–water partition coefficient (Wildman–Crippen LogP) is 1.43. The van der Waals surface area contributed by atoms with Crippen LogP contribution < -0.4 is 16.6 Å². The molecule has 0 saturated carbocycles. The van der Waals surface area contributed by atoms with E-state index in [2.05, 4.69) is 5.32 Å². The van der Waals surface area contributed by atoms with E-state index < -0.39 is 89.5 Å². The van der Waals surface area contributed by atoms with E-state index in [9.17, 15) is 29.1 Å². The van der Waals surface area contributed by atoms with Gasteiger partial charge in [0.05, 0.1) is 12.1 Å². The molecule has 3 aliphatic heterocycles. The number of nitrogens with zero attached hydrogens (tertiary/aromatic N) is 1. The number of likely N-dealkylation sites (N-methyl/N-ethyl adjacent to an activating group) is 1. The highest BCUT2D eigenvalue weighted by atomic mass is 16.7. The van der Waals surface area contributed by atoms with E-state index in [1.165, 1.54) is 20.8 Å². The fraction of sp³-hybridized carbons (Fsp3) is 0.839. The summed E-state index contributed by atoms with van der Waals surface area (Å²) in [6.45, 7) is 12.8. The molecule has 3 fully saturated rings. The molecule has 262 valence electrons. The number of aliphatic hydroxyl groups excluding tert-OH is 1. The molecule has 3 rings (SSSR count). The standard InChI is InChI=1S/C31H52N4O11/c1-11-20-31(8)24(33-28(40)46-31)16(4)21(36)14(2)13-30(7,45-29(41)34-32)25(17(5)22(37)18(6)26(39)43-20)44-27-23(38)19(35(9)10)12-15(3)42-27/h14-20,23-25,27,38H,11-13,32H2,1-10H3,(H,33,40)(H,34,41)/t14-,15-,16+,17+,18-,19+,20-,23-,24-,25-,27+,30-,31-/m1/s1. The molecule has 2 amide bonds. The van der Waals surface area contributed by atoms with Gasteiger partial charge in [-0.25, -0.2) is 15.4 Å². The number of hydrazine groups is 1. The minimum absolute atomic E-state index is 0.157. The number of carbonyl (C=O) groups excluding carboxylic acids is 5. The number of hydrogen-bond donors (Lipinski definition) is 4. The maximum Gasteiger partial charge on any atom is 0.422 e. The number of esters is 1. The predicted molar refractivity (Wildman–Crippen MR) is 163 cm³/mol. The van der Waals surface area contributed by atoms with Crippen LogP contribution in [0.2, 0.25) is 0 Å². The molecule has 5 N–H and O–H groups in total. The molecule has 3 saturated heterocycles. The fourth-order valence-electron chi connectivity index (χ4n) is 7.33. The quantitative estimate of drug-likeness (QED) is 0.0827. The molecule has 0 spiro atoms. The number of nitrogens with one attached hydrogen (secondary N) is 2. The molecule has 3 aliphatic rings. The lowest BCUT2D eigenvalue weighted by atomic mass is 9.73. The Morgan fingerprint density at radius 3 is 2.28 bits per heavy atom. The van der Waals surface area contributed by atoms with Gasteiger partial charge in [0.25, 0.3) is 0 Å². The lowest BCUT2D eigenvalue weighted by molar-refractivity contribution is -0.292. The fourth-order valence-corrected chi connectivity index (χ4v) is 7.33. The van der Waals surface area contributed by atoms with Crippen LogP contribution in [-0.4, -0.2) is 108 Å². The Balaban J connectivity index is 2.17. The lowest BCUT2D eigenvalue weighted by Crippen LogP contribution is -2.61. The number of nitrogens with two attached hydrogens (primary N) is 1. The normalized spacial score (nSPS) is 42.8. The number of ketones is 2. The number of aliphatic hydroxyl groups is 1. The Hall–Kier alpha value is -2.85. The number of alkyl carbamates (subject to hydrolysis) is 1. The summed E-state index contributed by atoms with van der Waals surface area (Å²) in [6.07, 6.45) is -6.34. The summed E-state index contributed by atoms with van der Waals surface area (Å²) in [5, 5.41) is 14.0. The third-order valence-electron chi connectivity index (χ3n) is 9.90. The maximum absolute atomic E-state index is 14.1. The average molecular weight is 657 g/mol. The molecule has 15 nitrogen and oxygen atoms in total. The van der Waals surface area contributed by atoms with Crippen molar-refractivity contribution in [2.75, 3.05) is 14.1 Å². The van der Waals surface area contributed by atoms with E-state index in [1.54, 1.807) is 27.7 Å². The van der Waals surface area contributed by atoms with Crippen LogP contribution in [0, 0.1) is 23.7 Å². The van der Waals surface area contributed by atoms with E-state index in [4.69, 9.17) is 29.5 Å². The lowest BCUT2D eigenvalue weighted by Gasteiger charge is -2.47. The van der Waals surface area contributed by atoms with Crippen LogP contribution >= 0.6 is 0 Å². The molecule has 0 aromatic rings. The molecule has 46 heavy (non-hydrogen) atoms. The molecule has 0 unspecified atom stereocenters. The van der Waals surface area contributed by atoms with Crippen LogP contribution in [0.15, 0.2) is 0 Å². The second kappa shape index (κ2) is 14.5. The first-order valence-electron chi connectivity index (χ1n) is 15.9. The number of fused-ring (bicyclic) bond motifs is 1. The van der Waals surface area contributed by atoms with Gasteiger partial charge in [0.2, 0.25) is 0 Å². The van der Waals surface area contributed by atoms with Gasteiger partial charge in [-0.3, -0.25) is 19.8 Å². The Kier molecular flexibility index (Phi) is 11.9. The second-order valence-electron chi connectivity index (χ2n) is 13.7. The van der Waals surface area contributed by atoms with Gasteiger partial charge in [0.15, 0.2) is 17.7 Å². The summed E-state index contributed by atoms with van der Waals surface area (Å²) < 4.78 is 29.7. The summed E-state index contributed by atoms with van der Waals surface area (Å²) in [6, 6.07) is -1.25. The van der Waals surface area contributed by atoms with Gasteiger partial charge >= 0.3 is 18.2 Å². The van der Waals surface area contributed by atoms with Gasteiger partial charge in [-0.05, 0) is 61.1 Å². The van der Waals surface area contributed by atoms with Gasteiger partial charge in [0.1, 0.15) is 35.6 Å². The third kappa shape index (κ3) is 7.48. The smallest absolute Gasteiger partial charge is 0.422 e. The summed E-state index contributed by atoms with van der Waals surface area (Å²) in [7, 11) is 3.62. The molecular formula is C31H52N4O11. The van der Waals surface area contributed by atoms with E-state index in [0.717, 1.165) is 0 Å². The number of rotatable bonds is 5. The Bertz CT molecular complexity index is 1170. The monoisotopic (exact) mass is 656 g/mol. The average Bonchev–Trinajstić information content (AvgIpc) is 3.31. The van der Waals surface area contributed by atoms with Crippen molar-refractivity contribution in [3.8, 4) is 0 Å². The van der Waals surface area contributed by atoms with Crippen LogP contribution in [0.4, 0.5) is 9.59 Å². The van der Waals surface area contributed by atoms with E-state index in [0.29, 0.717) is 6.42 Å². The number of Topliss-reactive ketones (excluding diaryl/α,β-unsaturated/α-hetero) is 2. The van der Waals surface area contributed by atoms with Crippen molar-refractivity contribution in [2.45, 2.75) is 129 Å².